The molecule has 1 heterocycles. The van der Waals surface area contributed by atoms with Crippen molar-refractivity contribution in [3.63, 3.8) is 0 Å². The molecule has 1 saturated heterocycles. The van der Waals surface area contributed by atoms with Crippen molar-refractivity contribution in [1.82, 2.24) is 10.2 Å². The lowest BCUT2D eigenvalue weighted by Crippen LogP contribution is -2.49. The van der Waals surface area contributed by atoms with Crippen molar-refractivity contribution in [1.29, 1.82) is 0 Å². The largest absolute Gasteiger partial charge is 0.335 e. The fourth-order valence-electron chi connectivity index (χ4n) is 5.54. The van der Waals surface area contributed by atoms with Crippen LogP contribution in [0.3, 0.4) is 0 Å². The van der Waals surface area contributed by atoms with Crippen LogP contribution in [-0.2, 0) is 6.42 Å². The van der Waals surface area contributed by atoms with Gasteiger partial charge in [-0.3, -0.25) is 4.79 Å². The van der Waals surface area contributed by atoms with Gasteiger partial charge in [0.25, 0.3) is 0 Å². The molecular formula is C28H37ClFN3O2. The number of anilines is 1. The third-order valence-electron chi connectivity index (χ3n) is 7.29. The molecule has 0 spiro atoms. The zero-order chi connectivity index (χ0) is 23.9. The highest BCUT2D eigenvalue weighted by Gasteiger charge is 2.30. The molecule has 190 valence electrons. The number of benzene rings is 2. The molecule has 1 aliphatic heterocycles. The summed E-state index contributed by atoms with van der Waals surface area (Å²) in [5.41, 5.74) is 2.43. The second-order valence-electron chi connectivity index (χ2n) is 9.98. The predicted octanol–water partition coefficient (Wildman–Crippen LogP) is 6.09. The molecule has 3 atom stereocenters. The molecule has 1 saturated carbocycles. The standard InChI is InChI=1S/C28H36FN3O2.ClH/c1-20(33)23-8-4-9-26(17-23)30-28(34)31-27-10-3-2-7-24(27)19-32-15-5-6-22(18-32)16-21-11-13-25(29)14-12-21;/h4,8-9,11-14,17,22,24,27H,2-3,5-7,10,15-16,18-19H2,1H3,(H2,30,31,34);1H/t22-,24-,27+;/m0./s1. The summed E-state index contributed by atoms with van der Waals surface area (Å²) in [4.78, 5) is 26.9. The number of likely N-dealkylation sites (tertiary alicyclic amines) is 1. The highest BCUT2D eigenvalue weighted by Crippen LogP contribution is 2.28. The molecule has 0 radical (unpaired) electrons. The number of ketones is 1. The van der Waals surface area contributed by atoms with Gasteiger partial charge in [0, 0.05) is 30.4 Å². The van der Waals surface area contributed by atoms with Crippen LogP contribution in [0.1, 0.15) is 61.4 Å². The average Bonchev–Trinajstić information content (AvgIpc) is 2.82. The van der Waals surface area contributed by atoms with E-state index >= 15 is 0 Å². The van der Waals surface area contributed by atoms with Crippen molar-refractivity contribution in [2.75, 3.05) is 25.0 Å². The van der Waals surface area contributed by atoms with Crippen molar-refractivity contribution in [3.8, 4) is 0 Å². The lowest BCUT2D eigenvalue weighted by molar-refractivity contribution is 0.101. The van der Waals surface area contributed by atoms with Gasteiger partial charge < -0.3 is 15.5 Å². The zero-order valence-electron chi connectivity index (χ0n) is 20.5. The molecule has 2 fully saturated rings. The van der Waals surface area contributed by atoms with E-state index in [0.29, 0.717) is 23.1 Å². The number of rotatable bonds is 7. The Morgan fingerprint density at radius 2 is 1.80 bits per heavy atom. The second kappa shape index (κ2) is 13.0. The summed E-state index contributed by atoms with van der Waals surface area (Å²) < 4.78 is 13.2. The summed E-state index contributed by atoms with van der Waals surface area (Å²) in [6.45, 7) is 4.69. The Bertz CT molecular complexity index is 984. The summed E-state index contributed by atoms with van der Waals surface area (Å²) in [6, 6.07) is 13.9. The minimum Gasteiger partial charge on any atom is -0.335 e. The van der Waals surface area contributed by atoms with Gasteiger partial charge in [0.1, 0.15) is 5.82 Å². The van der Waals surface area contributed by atoms with E-state index in [1.165, 1.54) is 31.7 Å². The number of piperidine rings is 1. The monoisotopic (exact) mass is 501 g/mol. The summed E-state index contributed by atoms with van der Waals surface area (Å²) in [5.74, 6) is 0.829. The number of nitrogens with one attached hydrogen (secondary N) is 2. The first kappa shape index (κ1) is 27.2. The molecule has 2 aromatic carbocycles. The van der Waals surface area contributed by atoms with Gasteiger partial charge in [-0.15, -0.1) is 12.4 Å². The molecule has 0 unspecified atom stereocenters. The highest BCUT2D eigenvalue weighted by molar-refractivity contribution is 5.96. The molecule has 0 bridgehead atoms. The smallest absolute Gasteiger partial charge is 0.319 e. The van der Waals surface area contributed by atoms with Crippen LogP contribution < -0.4 is 10.6 Å². The minimum atomic E-state index is -0.203. The van der Waals surface area contributed by atoms with Gasteiger partial charge in [0.15, 0.2) is 5.78 Å². The van der Waals surface area contributed by atoms with Crippen molar-refractivity contribution < 1.29 is 14.0 Å². The van der Waals surface area contributed by atoms with Gasteiger partial charge in [-0.2, -0.15) is 0 Å². The molecule has 2 aromatic rings. The number of hydrogen-bond donors (Lipinski definition) is 2. The van der Waals surface area contributed by atoms with E-state index in [1.807, 2.05) is 12.1 Å². The topological polar surface area (TPSA) is 61.4 Å². The first-order valence-electron chi connectivity index (χ1n) is 12.6. The first-order chi connectivity index (χ1) is 16.5. The molecule has 2 aliphatic rings. The predicted molar refractivity (Wildman–Crippen MR) is 141 cm³/mol. The van der Waals surface area contributed by atoms with Crippen LogP contribution in [0, 0.1) is 17.7 Å². The van der Waals surface area contributed by atoms with E-state index in [0.717, 1.165) is 45.3 Å². The van der Waals surface area contributed by atoms with Gasteiger partial charge in [-0.25, -0.2) is 9.18 Å². The van der Waals surface area contributed by atoms with Crippen molar-refractivity contribution in [2.45, 2.75) is 57.9 Å². The van der Waals surface area contributed by atoms with Crippen molar-refractivity contribution in [3.05, 3.63) is 65.5 Å². The Morgan fingerprint density at radius 1 is 1.03 bits per heavy atom. The quantitative estimate of drug-likeness (QED) is 0.451. The van der Waals surface area contributed by atoms with Gasteiger partial charge >= 0.3 is 6.03 Å². The second-order valence-corrected chi connectivity index (χ2v) is 9.98. The summed E-state index contributed by atoms with van der Waals surface area (Å²) >= 11 is 0. The van der Waals surface area contributed by atoms with Crippen molar-refractivity contribution in [2.24, 2.45) is 11.8 Å². The van der Waals surface area contributed by atoms with E-state index in [-0.39, 0.29) is 36.1 Å². The minimum absolute atomic E-state index is 0. The third-order valence-corrected chi connectivity index (χ3v) is 7.29. The first-order valence-corrected chi connectivity index (χ1v) is 12.6. The molecule has 2 N–H and O–H groups in total. The fraction of sp³-hybridized carbons (Fsp3) is 0.500. The lowest BCUT2D eigenvalue weighted by Gasteiger charge is -2.39. The summed E-state index contributed by atoms with van der Waals surface area (Å²) in [7, 11) is 0. The molecule has 0 aromatic heterocycles. The Kier molecular flexibility index (Phi) is 10.1. The lowest BCUT2D eigenvalue weighted by atomic mass is 9.83. The van der Waals surface area contributed by atoms with Crippen LogP contribution in [0.4, 0.5) is 14.9 Å². The van der Waals surface area contributed by atoms with Crippen LogP contribution in [0.25, 0.3) is 0 Å². The molecule has 2 amide bonds. The van der Waals surface area contributed by atoms with Crippen LogP contribution in [0.5, 0.6) is 0 Å². The van der Waals surface area contributed by atoms with Gasteiger partial charge in [-0.05, 0) is 87.2 Å². The van der Waals surface area contributed by atoms with E-state index in [9.17, 15) is 14.0 Å². The van der Waals surface area contributed by atoms with Gasteiger partial charge in [-0.1, -0.05) is 37.1 Å². The third kappa shape index (κ3) is 8.04. The maximum absolute atomic E-state index is 13.2. The van der Waals surface area contributed by atoms with Gasteiger partial charge in [0.05, 0.1) is 0 Å². The number of carbonyl (C=O) groups is 2. The SMILES string of the molecule is CC(=O)c1cccc(NC(=O)N[C@@H]2CCCC[C@H]2CN2CCC[C@@H](Cc3ccc(F)cc3)C2)c1.Cl. The number of halogens is 2. The van der Waals surface area contributed by atoms with Crippen LogP contribution in [0.2, 0.25) is 0 Å². The number of carbonyl (C=O) groups excluding carboxylic acids is 2. The molecule has 7 heteroatoms. The number of amides is 2. The molecule has 1 aliphatic carbocycles. The summed E-state index contributed by atoms with van der Waals surface area (Å²) in [6.07, 6.45) is 7.85. The average molecular weight is 502 g/mol. The molecule has 5 nitrogen and oxygen atoms in total. The van der Waals surface area contributed by atoms with E-state index < -0.39 is 0 Å². The van der Waals surface area contributed by atoms with Crippen molar-refractivity contribution >= 4 is 29.9 Å². The number of urea groups is 1. The molecule has 4 rings (SSSR count). The Morgan fingerprint density at radius 3 is 2.57 bits per heavy atom. The maximum Gasteiger partial charge on any atom is 0.319 e. The molecular weight excluding hydrogens is 465 g/mol. The molecule has 35 heavy (non-hydrogen) atoms. The normalized spacial score (nSPS) is 22.6. The van der Waals surface area contributed by atoms with Crippen LogP contribution in [0.15, 0.2) is 48.5 Å². The fourth-order valence-corrected chi connectivity index (χ4v) is 5.54. The van der Waals surface area contributed by atoms with Crippen LogP contribution in [-0.4, -0.2) is 42.4 Å². The maximum atomic E-state index is 13.2. The number of nitrogens with zero attached hydrogens (tertiary/aromatic N) is 1. The van der Waals surface area contributed by atoms with Gasteiger partial charge in [0.2, 0.25) is 0 Å². The van der Waals surface area contributed by atoms with E-state index in [4.69, 9.17) is 0 Å². The Balaban J connectivity index is 0.00000342. The summed E-state index contributed by atoms with van der Waals surface area (Å²) in [5, 5.41) is 6.12. The van der Waals surface area contributed by atoms with Crippen LogP contribution >= 0.6 is 12.4 Å². The Hall–Kier alpha value is -2.44. The van der Waals surface area contributed by atoms with E-state index in [2.05, 4.69) is 15.5 Å². The number of hydrogen-bond acceptors (Lipinski definition) is 3. The number of Topliss-reactive ketones (excluding diaryl/α,β-unsaturated/α-hetero) is 1. The Labute approximate surface area is 214 Å². The highest BCUT2D eigenvalue weighted by atomic mass is 35.5. The zero-order valence-corrected chi connectivity index (χ0v) is 21.3. The van der Waals surface area contributed by atoms with E-state index in [1.54, 1.807) is 36.4 Å².